The van der Waals surface area contributed by atoms with Gasteiger partial charge in [0.05, 0.1) is 12.3 Å². The van der Waals surface area contributed by atoms with Gasteiger partial charge in [-0.05, 0) is 19.1 Å². The Morgan fingerprint density at radius 1 is 1.22 bits per heavy atom. The van der Waals surface area contributed by atoms with Crippen molar-refractivity contribution in [3.8, 4) is 0 Å². The minimum Gasteiger partial charge on any atom is -0.467 e. The van der Waals surface area contributed by atoms with Crippen LogP contribution in [0.5, 0.6) is 0 Å². The van der Waals surface area contributed by atoms with Crippen LogP contribution in [0, 0.1) is 23.3 Å². The summed E-state index contributed by atoms with van der Waals surface area (Å²) in [5, 5.41) is 6.34. The number of furan rings is 1. The molecule has 142 valence electrons. The van der Waals surface area contributed by atoms with Crippen molar-refractivity contribution in [3.63, 3.8) is 0 Å². The summed E-state index contributed by atoms with van der Waals surface area (Å²) in [6, 6.07) is 2.73. The van der Waals surface area contributed by atoms with Gasteiger partial charge >= 0.3 is 0 Å². The summed E-state index contributed by atoms with van der Waals surface area (Å²) in [7, 11) is 0. The van der Waals surface area contributed by atoms with Gasteiger partial charge in [0.1, 0.15) is 17.2 Å². The van der Waals surface area contributed by atoms with E-state index in [2.05, 4.69) is 10.4 Å². The molecule has 0 radical (unpaired) electrons. The van der Waals surface area contributed by atoms with Crippen LogP contribution in [-0.4, -0.2) is 17.5 Å². The SMILES string of the molecule is C[C@@H](NC(=O)C1=NN(c2c(F)c(F)cc(F)c2F)C(=O)CC1)c1ccco1. The first-order valence-electron chi connectivity index (χ1n) is 7.87. The average Bonchev–Trinajstić information content (AvgIpc) is 3.16. The van der Waals surface area contributed by atoms with Gasteiger partial charge < -0.3 is 9.73 Å². The first kappa shape index (κ1) is 18.6. The number of halogens is 4. The van der Waals surface area contributed by atoms with E-state index in [-0.39, 0.29) is 29.6 Å². The zero-order chi connectivity index (χ0) is 19.7. The van der Waals surface area contributed by atoms with Crippen molar-refractivity contribution in [2.24, 2.45) is 5.10 Å². The van der Waals surface area contributed by atoms with E-state index in [1.165, 1.54) is 6.26 Å². The van der Waals surface area contributed by atoms with Crippen molar-refractivity contribution in [3.05, 3.63) is 53.5 Å². The van der Waals surface area contributed by atoms with Gasteiger partial charge in [-0.15, -0.1) is 0 Å². The van der Waals surface area contributed by atoms with E-state index >= 15 is 0 Å². The maximum Gasteiger partial charge on any atom is 0.268 e. The molecule has 0 saturated carbocycles. The summed E-state index contributed by atoms with van der Waals surface area (Å²) >= 11 is 0. The number of rotatable bonds is 4. The highest BCUT2D eigenvalue weighted by atomic mass is 19.2. The van der Waals surface area contributed by atoms with Crippen molar-refractivity contribution in [2.75, 3.05) is 5.01 Å². The minimum absolute atomic E-state index is 0.0188. The van der Waals surface area contributed by atoms with Crippen molar-refractivity contribution < 1.29 is 31.6 Å². The van der Waals surface area contributed by atoms with E-state index < -0.39 is 46.8 Å². The number of amides is 2. The molecule has 27 heavy (non-hydrogen) atoms. The van der Waals surface area contributed by atoms with Gasteiger partial charge in [-0.1, -0.05) is 0 Å². The van der Waals surface area contributed by atoms with Gasteiger partial charge in [0.25, 0.3) is 5.91 Å². The van der Waals surface area contributed by atoms with E-state index in [1.54, 1.807) is 19.1 Å². The number of carbonyl (C=O) groups is 2. The molecule has 3 rings (SSSR count). The number of benzene rings is 1. The molecule has 0 aliphatic carbocycles. The highest BCUT2D eigenvalue weighted by molar-refractivity contribution is 6.40. The summed E-state index contributed by atoms with van der Waals surface area (Å²) in [6.45, 7) is 1.63. The molecule has 2 heterocycles. The van der Waals surface area contributed by atoms with Gasteiger partial charge in [-0.25, -0.2) is 17.6 Å². The molecule has 1 aliphatic heterocycles. The number of hydrogen-bond donors (Lipinski definition) is 1. The molecule has 1 aliphatic rings. The van der Waals surface area contributed by atoms with Crippen molar-refractivity contribution in [1.29, 1.82) is 0 Å². The van der Waals surface area contributed by atoms with Crippen LogP contribution in [0.4, 0.5) is 23.2 Å². The normalized spacial score (nSPS) is 15.5. The third-order valence-electron chi connectivity index (χ3n) is 3.91. The Bertz CT molecular complexity index is 902. The molecule has 0 spiro atoms. The molecule has 2 aromatic rings. The van der Waals surface area contributed by atoms with Gasteiger partial charge in [0, 0.05) is 18.9 Å². The van der Waals surface area contributed by atoms with Crippen molar-refractivity contribution in [2.45, 2.75) is 25.8 Å². The summed E-state index contributed by atoms with van der Waals surface area (Å²) in [5.74, 6) is -8.10. The second-order valence-corrected chi connectivity index (χ2v) is 5.78. The largest absolute Gasteiger partial charge is 0.467 e. The fraction of sp³-hybridized carbons (Fsp3) is 0.235. The predicted molar refractivity (Wildman–Crippen MR) is 85.7 cm³/mol. The lowest BCUT2D eigenvalue weighted by molar-refractivity contribution is -0.119. The molecule has 2 amide bonds. The Morgan fingerprint density at radius 2 is 1.89 bits per heavy atom. The van der Waals surface area contributed by atoms with Crippen LogP contribution < -0.4 is 10.3 Å². The van der Waals surface area contributed by atoms with Crippen LogP contribution in [-0.2, 0) is 9.59 Å². The fourth-order valence-electron chi connectivity index (χ4n) is 2.53. The summed E-state index contributed by atoms with van der Waals surface area (Å²) < 4.78 is 59.9. The van der Waals surface area contributed by atoms with E-state index in [0.717, 1.165) is 0 Å². The molecular formula is C17H13F4N3O3. The monoisotopic (exact) mass is 383 g/mol. The van der Waals surface area contributed by atoms with Crippen LogP contribution in [0.2, 0.25) is 0 Å². The van der Waals surface area contributed by atoms with E-state index in [1.807, 2.05) is 0 Å². The van der Waals surface area contributed by atoms with Crippen LogP contribution in [0.3, 0.4) is 0 Å². The summed E-state index contributed by atoms with van der Waals surface area (Å²) in [4.78, 5) is 24.3. The van der Waals surface area contributed by atoms with Gasteiger partial charge in [-0.2, -0.15) is 10.1 Å². The zero-order valence-corrected chi connectivity index (χ0v) is 13.9. The molecule has 1 atom stereocenters. The first-order valence-corrected chi connectivity index (χ1v) is 7.87. The Kier molecular flexibility index (Phi) is 4.98. The number of anilines is 1. The number of nitrogens with one attached hydrogen (secondary N) is 1. The lowest BCUT2D eigenvalue weighted by atomic mass is 10.1. The van der Waals surface area contributed by atoms with Crippen LogP contribution >= 0.6 is 0 Å². The van der Waals surface area contributed by atoms with Crippen LogP contribution in [0.15, 0.2) is 34.0 Å². The lowest BCUT2D eigenvalue weighted by Crippen LogP contribution is -2.40. The molecule has 1 aromatic carbocycles. The van der Waals surface area contributed by atoms with E-state index in [4.69, 9.17) is 4.42 Å². The standard InChI is InChI=1S/C17H13F4N3O3/c1-8(12-3-2-6-27-12)22-17(26)11-4-5-13(25)24(23-11)16-14(20)9(18)7-10(19)15(16)21/h2-3,6-8H,4-5H2,1H3,(H,22,26)/t8-/m1/s1. The van der Waals surface area contributed by atoms with Gasteiger partial charge in [0.2, 0.25) is 5.91 Å². The Balaban J connectivity index is 1.91. The molecule has 10 heteroatoms. The lowest BCUT2D eigenvalue weighted by Gasteiger charge is -2.24. The Labute approximate surface area is 150 Å². The third-order valence-corrected chi connectivity index (χ3v) is 3.91. The van der Waals surface area contributed by atoms with Crippen molar-refractivity contribution in [1.82, 2.24) is 5.32 Å². The number of hydrazone groups is 1. The second-order valence-electron chi connectivity index (χ2n) is 5.78. The predicted octanol–water partition coefficient (Wildman–Crippen LogP) is 3.20. The van der Waals surface area contributed by atoms with Crippen LogP contribution in [0.1, 0.15) is 31.6 Å². The van der Waals surface area contributed by atoms with E-state index in [9.17, 15) is 27.2 Å². The molecule has 0 bridgehead atoms. The first-order chi connectivity index (χ1) is 12.8. The maximum absolute atomic E-state index is 14.0. The second kappa shape index (κ2) is 7.22. The molecular weight excluding hydrogens is 370 g/mol. The Morgan fingerprint density at radius 3 is 2.48 bits per heavy atom. The number of nitrogens with zero attached hydrogens (tertiary/aromatic N) is 2. The summed E-state index contributed by atoms with van der Waals surface area (Å²) in [6.07, 6.45) is 0.992. The smallest absolute Gasteiger partial charge is 0.268 e. The third kappa shape index (κ3) is 3.55. The molecule has 0 unspecified atom stereocenters. The Hall–Kier alpha value is -3.17. The average molecular weight is 383 g/mol. The van der Waals surface area contributed by atoms with Crippen molar-refractivity contribution >= 4 is 23.2 Å². The number of carbonyl (C=O) groups excluding carboxylic acids is 2. The zero-order valence-electron chi connectivity index (χ0n) is 13.9. The molecule has 6 nitrogen and oxygen atoms in total. The van der Waals surface area contributed by atoms with Gasteiger partial charge in [-0.3, -0.25) is 9.59 Å². The fourth-order valence-corrected chi connectivity index (χ4v) is 2.53. The molecule has 0 fully saturated rings. The summed E-state index contributed by atoms with van der Waals surface area (Å²) in [5.41, 5.74) is -1.53. The highest BCUT2D eigenvalue weighted by Gasteiger charge is 2.32. The highest BCUT2D eigenvalue weighted by Crippen LogP contribution is 2.30. The quantitative estimate of drug-likeness (QED) is 0.651. The van der Waals surface area contributed by atoms with Gasteiger partial charge in [0.15, 0.2) is 23.3 Å². The minimum atomic E-state index is -1.78. The molecule has 0 saturated heterocycles. The van der Waals surface area contributed by atoms with Crippen LogP contribution in [0.25, 0.3) is 0 Å². The molecule has 1 N–H and O–H groups in total. The topological polar surface area (TPSA) is 74.9 Å². The van der Waals surface area contributed by atoms with E-state index in [0.29, 0.717) is 5.76 Å². The molecule has 1 aromatic heterocycles. The number of hydrogen-bond acceptors (Lipinski definition) is 4. The maximum atomic E-state index is 14.0.